The van der Waals surface area contributed by atoms with Gasteiger partial charge in [0.05, 0.1) is 10.2 Å². The lowest BCUT2D eigenvalue weighted by Crippen LogP contribution is -2.15. The lowest BCUT2D eigenvalue weighted by Gasteiger charge is -2.05. The fourth-order valence-electron chi connectivity index (χ4n) is 1.13. The van der Waals surface area contributed by atoms with Gasteiger partial charge >= 0.3 is 0 Å². The molecule has 0 spiro atoms. The van der Waals surface area contributed by atoms with Crippen molar-refractivity contribution in [1.29, 1.82) is 0 Å². The first-order valence-electron chi connectivity index (χ1n) is 4.67. The molecule has 0 fully saturated rings. The van der Waals surface area contributed by atoms with Crippen molar-refractivity contribution in [3.8, 4) is 0 Å². The Kier molecular flexibility index (Phi) is 3.29. The first-order chi connectivity index (χ1) is 8.16. The van der Waals surface area contributed by atoms with Crippen LogP contribution < -0.4 is 11.1 Å². The molecule has 3 N–H and O–H groups in total. The third kappa shape index (κ3) is 2.76. The molecule has 2 aromatic heterocycles. The van der Waals surface area contributed by atoms with E-state index >= 15 is 0 Å². The monoisotopic (exact) mass is 293 g/mol. The van der Waals surface area contributed by atoms with Gasteiger partial charge in [0.1, 0.15) is 5.82 Å². The molecule has 0 aliphatic rings. The minimum absolute atomic E-state index is 0.197. The fourth-order valence-corrected chi connectivity index (χ4v) is 1.48. The number of carbonyl (C=O) groups excluding carboxylic acids is 1. The van der Waals surface area contributed by atoms with Gasteiger partial charge in [-0.1, -0.05) is 0 Å². The summed E-state index contributed by atoms with van der Waals surface area (Å²) in [6, 6.07) is 4.70. The van der Waals surface area contributed by atoms with E-state index in [1.807, 2.05) is 0 Å². The van der Waals surface area contributed by atoms with E-state index in [4.69, 9.17) is 5.73 Å². The highest BCUT2D eigenvalue weighted by Crippen LogP contribution is 2.20. The Labute approximate surface area is 105 Å². The third-order valence-electron chi connectivity index (χ3n) is 1.94. The topological polar surface area (TPSA) is 93.8 Å². The van der Waals surface area contributed by atoms with E-state index in [0.29, 0.717) is 10.2 Å². The third-order valence-corrected chi connectivity index (χ3v) is 2.57. The smallest absolute Gasteiger partial charge is 0.276 e. The molecule has 86 valence electrons. The Balaban J connectivity index is 2.17. The highest BCUT2D eigenvalue weighted by molar-refractivity contribution is 9.10. The quantitative estimate of drug-likeness (QED) is 0.874. The number of aromatic nitrogens is 3. The van der Waals surface area contributed by atoms with Gasteiger partial charge in [-0.05, 0) is 34.1 Å². The number of nitrogens with zero attached hydrogens (tertiary/aromatic N) is 3. The maximum absolute atomic E-state index is 11.8. The van der Waals surface area contributed by atoms with Crippen molar-refractivity contribution in [1.82, 2.24) is 15.2 Å². The van der Waals surface area contributed by atoms with Crippen molar-refractivity contribution in [3.63, 3.8) is 0 Å². The first kappa shape index (κ1) is 11.5. The molecule has 1 amide bonds. The lowest BCUT2D eigenvalue weighted by atomic mass is 10.3. The predicted octanol–water partition coefficient (Wildman–Crippen LogP) is 1.47. The summed E-state index contributed by atoms with van der Waals surface area (Å²) in [5.41, 5.74) is 6.19. The molecule has 0 aromatic carbocycles. The van der Waals surface area contributed by atoms with Crippen LogP contribution in [-0.2, 0) is 0 Å². The molecule has 6 nitrogen and oxygen atoms in total. The van der Waals surface area contributed by atoms with Crippen molar-refractivity contribution < 1.29 is 4.79 Å². The molecule has 0 radical (unpaired) electrons. The molecule has 2 heterocycles. The number of amides is 1. The second kappa shape index (κ2) is 4.88. The molecule has 0 saturated carbocycles. The number of anilines is 2. The van der Waals surface area contributed by atoms with Gasteiger partial charge in [0.15, 0.2) is 5.69 Å². The van der Waals surface area contributed by atoms with Crippen molar-refractivity contribution in [2.24, 2.45) is 0 Å². The Morgan fingerprint density at radius 2 is 2.12 bits per heavy atom. The zero-order valence-electron chi connectivity index (χ0n) is 8.59. The van der Waals surface area contributed by atoms with Crippen LogP contribution in [0, 0.1) is 0 Å². The maximum atomic E-state index is 11.8. The highest BCUT2D eigenvalue weighted by Gasteiger charge is 2.09. The van der Waals surface area contributed by atoms with E-state index in [9.17, 15) is 4.79 Å². The average Bonchev–Trinajstić information content (AvgIpc) is 2.33. The molecule has 0 unspecified atom stereocenters. The van der Waals surface area contributed by atoms with Crippen molar-refractivity contribution in [3.05, 3.63) is 40.8 Å². The largest absolute Gasteiger partial charge is 0.382 e. The molecule has 0 bridgehead atoms. The lowest BCUT2D eigenvalue weighted by molar-refractivity contribution is 0.102. The number of hydrogen-bond donors (Lipinski definition) is 2. The second-order valence-electron chi connectivity index (χ2n) is 3.15. The fraction of sp³-hybridized carbons (Fsp3) is 0. The van der Waals surface area contributed by atoms with Crippen molar-refractivity contribution >= 4 is 33.3 Å². The van der Waals surface area contributed by atoms with Crippen LogP contribution in [0.4, 0.5) is 11.5 Å². The van der Waals surface area contributed by atoms with Crippen LogP contribution >= 0.6 is 15.9 Å². The van der Waals surface area contributed by atoms with Crippen LogP contribution in [0.5, 0.6) is 0 Å². The first-order valence-corrected chi connectivity index (χ1v) is 5.46. The number of hydrogen-bond acceptors (Lipinski definition) is 5. The summed E-state index contributed by atoms with van der Waals surface area (Å²) >= 11 is 3.28. The van der Waals surface area contributed by atoms with E-state index in [1.54, 1.807) is 18.5 Å². The van der Waals surface area contributed by atoms with Gasteiger partial charge in [0, 0.05) is 12.4 Å². The second-order valence-corrected chi connectivity index (χ2v) is 4.01. The molecule has 17 heavy (non-hydrogen) atoms. The minimum Gasteiger partial charge on any atom is -0.382 e. The Hall–Kier alpha value is -2.02. The van der Waals surface area contributed by atoms with Gasteiger partial charge in [-0.3, -0.25) is 9.78 Å². The van der Waals surface area contributed by atoms with Crippen LogP contribution in [0.1, 0.15) is 10.5 Å². The van der Waals surface area contributed by atoms with Crippen LogP contribution in [0.15, 0.2) is 35.1 Å². The normalized spacial score (nSPS) is 9.94. The summed E-state index contributed by atoms with van der Waals surface area (Å²) in [6.45, 7) is 0. The van der Waals surface area contributed by atoms with E-state index in [0.717, 1.165) is 0 Å². The number of nitrogens with two attached hydrogens (primary N) is 1. The molecule has 0 aliphatic carbocycles. The van der Waals surface area contributed by atoms with Crippen LogP contribution in [0.3, 0.4) is 0 Å². The maximum Gasteiger partial charge on any atom is 0.276 e. The molecule has 7 heteroatoms. The Bertz CT molecular complexity index is 543. The number of nitrogens with one attached hydrogen (secondary N) is 1. The SMILES string of the molecule is Nc1ccc(C(=O)Nc2ccncc2Br)nn1. The molecular weight excluding hydrogens is 286 g/mol. The molecule has 0 saturated heterocycles. The molecule has 2 aromatic rings. The number of halogens is 1. The molecule has 0 aliphatic heterocycles. The minimum atomic E-state index is -0.357. The predicted molar refractivity (Wildman–Crippen MR) is 66.3 cm³/mol. The van der Waals surface area contributed by atoms with E-state index < -0.39 is 0 Å². The molecule has 0 atom stereocenters. The summed E-state index contributed by atoms with van der Waals surface area (Å²) in [5.74, 6) is -0.0870. The zero-order chi connectivity index (χ0) is 12.3. The highest BCUT2D eigenvalue weighted by atomic mass is 79.9. The van der Waals surface area contributed by atoms with Crippen LogP contribution in [-0.4, -0.2) is 21.1 Å². The number of rotatable bonds is 2. The van der Waals surface area contributed by atoms with Gasteiger partial charge in [0.2, 0.25) is 0 Å². The molecular formula is C10H8BrN5O. The Morgan fingerprint density at radius 3 is 2.76 bits per heavy atom. The van der Waals surface area contributed by atoms with E-state index in [2.05, 4.69) is 36.4 Å². The number of carbonyl (C=O) groups is 1. The van der Waals surface area contributed by atoms with E-state index in [-0.39, 0.29) is 17.4 Å². The van der Waals surface area contributed by atoms with Crippen LogP contribution in [0.25, 0.3) is 0 Å². The van der Waals surface area contributed by atoms with Gasteiger partial charge in [-0.25, -0.2) is 0 Å². The van der Waals surface area contributed by atoms with Crippen LogP contribution in [0.2, 0.25) is 0 Å². The summed E-state index contributed by atoms with van der Waals surface area (Å²) < 4.78 is 0.691. The van der Waals surface area contributed by atoms with Crippen molar-refractivity contribution in [2.75, 3.05) is 11.1 Å². The summed E-state index contributed by atoms with van der Waals surface area (Å²) in [6.07, 6.45) is 3.17. The summed E-state index contributed by atoms with van der Waals surface area (Å²) in [7, 11) is 0. The number of pyridine rings is 1. The van der Waals surface area contributed by atoms with Crippen molar-refractivity contribution in [2.45, 2.75) is 0 Å². The van der Waals surface area contributed by atoms with Gasteiger partial charge in [0.25, 0.3) is 5.91 Å². The molecule has 2 rings (SSSR count). The Morgan fingerprint density at radius 1 is 1.29 bits per heavy atom. The standard InChI is InChI=1S/C10H8BrN5O/c11-6-5-13-4-3-7(6)14-10(17)8-1-2-9(12)16-15-8/h1-5H,(H2,12,16)(H,13,14,17). The summed E-state index contributed by atoms with van der Waals surface area (Å²) in [4.78, 5) is 15.7. The number of nitrogen functional groups attached to an aromatic ring is 1. The van der Waals surface area contributed by atoms with Gasteiger partial charge in [-0.2, -0.15) is 0 Å². The van der Waals surface area contributed by atoms with Gasteiger partial charge < -0.3 is 11.1 Å². The zero-order valence-corrected chi connectivity index (χ0v) is 10.2. The average molecular weight is 294 g/mol. The van der Waals surface area contributed by atoms with E-state index in [1.165, 1.54) is 12.1 Å². The summed E-state index contributed by atoms with van der Waals surface area (Å²) in [5, 5.41) is 9.97. The van der Waals surface area contributed by atoms with Gasteiger partial charge in [-0.15, -0.1) is 10.2 Å².